The molecule has 2 N–H and O–H groups in total. The Morgan fingerprint density at radius 3 is 2.67 bits per heavy atom. The summed E-state index contributed by atoms with van der Waals surface area (Å²) >= 11 is 0. The number of carboxylic acid groups (broad SMARTS) is 1. The van der Waals surface area contributed by atoms with Gasteiger partial charge in [-0.1, -0.05) is 13.8 Å². The second-order valence-corrected chi connectivity index (χ2v) is 5.56. The van der Waals surface area contributed by atoms with Crippen molar-refractivity contribution in [2.45, 2.75) is 39.7 Å². The fraction of sp³-hybridized carbons (Fsp3) is 0.500. The van der Waals surface area contributed by atoms with Crippen LogP contribution in [0.5, 0.6) is 0 Å². The minimum atomic E-state index is -0.944. The molecule has 5 heteroatoms. The van der Waals surface area contributed by atoms with Crippen molar-refractivity contribution < 1.29 is 15.0 Å². The molecule has 0 aliphatic rings. The Morgan fingerprint density at radius 2 is 2.10 bits per heavy atom. The molecule has 5 nitrogen and oxygen atoms in total. The van der Waals surface area contributed by atoms with E-state index in [4.69, 9.17) is 5.11 Å². The topological polar surface area (TPSA) is 75.3 Å². The molecule has 0 aliphatic heterocycles. The lowest BCUT2D eigenvalue weighted by Crippen LogP contribution is -2.19. The van der Waals surface area contributed by atoms with Gasteiger partial charge >= 0.3 is 5.97 Å². The number of hydrogen-bond acceptors (Lipinski definition) is 3. The van der Waals surface area contributed by atoms with Crippen LogP contribution in [-0.4, -0.2) is 32.3 Å². The highest BCUT2D eigenvalue weighted by molar-refractivity contribution is 5.92. The second kappa shape index (κ2) is 6.26. The Labute approximate surface area is 124 Å². The number of carboxylic acids is 1. The molecule has 0 amide bonds. The van der Waals surface area contributed by atoms with E-state index in [0.717, 1.165) is 24.2 Å². The molecule has 0 fully saturated rings. The van der Waals surface area contributed by atoms with E-state index in [0.29, 0.717) is 5.52 Å². The number of nitrogens with zero attached hydrogens (tertiary/aromatic N) is 2. The van der Waals surface area contributed by atoms with Crippen molar-refractivity contribution in [2.24, 2.45) is 5.92 Å². The van der Waals surface area contributed by atoms with Gasteiger partial charge in [0.1, 0.15) is 5.82 Å². The van der Waals surface area contributed by atoms with Crippen LogP contribution in [0.2, 0.25) is 0 Å². The molecule has 1 aromatic carbocycles. The molecule has 2 unspecified atom stereocenters. The summed E-state index contributed by atoms with van der Waals surface area (Å²) in [6.07, 6.45) is 1.80. The third-order valence-corrected chi connectivity index (χ3v) is 4.00. The molecule has 0 saturated heterocycles. The van der Waals surface area contributed by atoms with Crippen molar-refractivity contribution in [3.05, 3.63) is 29.6 Å². The predicted molar refractivity (Wildman–Crippen MR) is 81.6 cm³/mol. The van der Waals surface area contributed by atoms with Crippen LogP contribution in [0, 0.1) is 5.92 Å². The zero-order valence-corrected chi connectivity index (χ0v) is 12.7. The fourth-order valence-electron chi connectivity index (χ4n) is 2.54. The van der Waals surface area contributed by atoms with E-state index in [1.807, 2.05) is 13.0 Å². The lowest BCUT2D eigenvalue weighted by Gasteiger charge is -2.22. The monoisotopic (exact) mass is 290 g/mol. The van der Waals surface area contributed by atoms with Gasteiger partial charge in [-0.25, -0.2) is 9.78 Å². The zero-order chi connectivity index (χ0) is 15.6. The van der Waals surface area contributed by atoms with Crippen molar-refractivity contribution in [3.63, 3.8) is 0 Å². The highest BCUT2D eigenvalue weighted by Gasteiger charge is 2.20. The van der Waals surface area contributed by atoms with E-state index in [9.17, 15) is 9.90 Å². The first-order chi connectivity index (χ1) is 9.99. The average molecular weight is 290 g/mol. The van der Waals surface area contributed by atoms with Gasteiger partial charge in [-0.15, -0.1) is 0 Å². The number of fused-ring (bicyclic) bond motifs is 1. The molecule has 1 aromatic heterocycles. The van der Waals surface area contributed by atoms with Gasteiger partial charge in [0, 0.05) is 19.1 Å². The van der Waals surface area contributed by atoms with Gasteiger partial charge in [-0.2, -0.15) is 0 Å². The van der Waals surface area contributed by atoms with Gasteiger partial charge in [-0.05, 0) is 37.5 Å². The number of aromatic carboxylic acids is 1. The summed E-state index contributed by atoms with van der Waals surface area (Å²) < 4.78 is 2.13. The highest BCUT2D eigenvalue weighted by atomic mass is 16.4. The maximum atomic E-state index is 11.1. The summed E-state index contributed by atoms with van der Waals surface area (Å²) in [6.45, 7) is 6.26. The van der Waals surface area contributed by atoms with Crippen molar-refractivity contribution in [1.82, 2.24) is 9.55 Å². The number of imidazole rings is 1. The van der Waals surface area contributed by atoms with Gasteiger partial charge in [0.2, 0.25) is 0 Å². The Hall–Kier alpha value is -1.88. The number of hydrogen-bond donors (Lipinski definition) is 2. The predicted octanol–water partition coefficient (Wildman–Crippen LogP) is 2.88. The molecule has 2 atom stereocenters. The largest absolute Gasteiger partial charge is 0.478 e. The molecule has 0 spiro atoms. The summed E-state index contributed by atoms with van der Waals surface area (Å²) in [5, 5.41) is 18.5. The van der Waals surface area contributed by atoms with E-state index in [2.05, 4.69) is 23.4 Å². The number of benzene rings is 1. The first kappa shape index (κ1) is 15.5. The Kier molecular flexibility index (Phi) is 4.63. The Balaban J connectivity index is 2.60. The highest BCUT2D eigenvalue weighted by Crippen LogP contribution is 2.27. The maximum absolute atomic E-state index is 11.1. The second-order valence-electron chi connectivity index (χ2n) is 5.56. The molecular weight excluding hydrogens is 268 g/mol. The average Bonchev–Trinajstić information content (AvgIpc) is 2.82. The minimum absolute atomic E-state index is 0.108. The van der Waals surface area contributed by atoms with E-state index in [1.54, 1.807) is 12.1 Å². The summed E-state index contributed by atoms with van der Waals surface area (Å²) in [5.74, 6) is 0.111. The smallest absolute Gasteiger partial charge is 0.335 e. The molecule has 114 valence electrons. The molecule has 2 aromatic rings. The zero-order valence-electron chi connectivity index (χ0n) is 12.7. The molecule has 0 radical (unpaired) electrons. The van der Waals surface area contributed by atoms with Gasteiger partial charge in [0.05, 0.1) is 16.6 Å². The molecular formula is C16H22N2O3. The first-order valence-electron chi connectivity index (χ1n) is 7.34. The van der Waals surface area contributed by atoms with Crippen LogP contribution >= 0.6 is 0 Å². The van der Waals surface area contributed by atoms with Crippen molar-refractivity contribution in [3.8, 4) is 0 Å². The molecule has 21 heavy (non-hydrogen) atoms. The van der Waals surface area contributed by atoms with Crippen LogP contribution in [0.1, 0.15) is 49.4 Å². The fourth-order valence-corrected chi connectivity index (χ4v) is 2.54. The van der Waals surface area contributed by atoms with Gasteiger partial charge in [0.15, 0.2) is 0 Å². The van der Waals surface area contributed by atoms with Crippen molar-refractivity contribution >= 4 is 17.0 Å². The number of rotatable bonds is 6. The number of aliphatic hydroxyl groups is 1. The van der Waals surface area contributed by atoms with Gasteiger partial charge in [0.25, 0.3) is 0 Å². The van der Waals surface area contributed by atoms with Crippen LogP contribution in [-0.2, 0) is 6.42 Å². The number of aliphatic hydroxyl groups excluding tert-OH is 1. The van der Waals surface area contributed by atoms with Crippen LogP contribution in [0.4, 0.5) is 0 Å². The van der Waals surface area contributed by atoms with Gasteiger partial charge < -0.3 is 14.8 Å². The summed E-state index contributed by atoms with van der Waals surface area (Å²) in [7, 11) is 0. The number of aromatic nitrogens is 2. The van der Waals surface area contributed by atoms with Crippen LogP contribution in [0.15, 0.2) is 18.2 Å². The Morgan fingerprint density at radius 1 is 1.38 bits per heavy atom. The van der Waals surface area contributed by atoms with Crippen molar-refractivity contribution in [1.29, 1.82) is 0 Å². The van der Waals surface area contributed by atoms with E-state index < -0.39 is 5.97 Å². The SMILES string of the molecule is CCCc1nc2cc(C(=O)O)ccc2n1C(C)C(C)CO. The van der Waals surface area contributed by atoms with Crippen molar-refractivity contribution in [2.75, 3.05) is 6.61 Å². The molecule has 1 heterocycles. The normalized spacial score (nSPS) is 14.3. The molecule has 0 bridgehead atoms. The third kappa shape index (κ3) is 2.93. The lowest BCUT2D eigenvalue weighted by atomic mass is 10.0. The quantitative estimate of drug-likeness (QED) is 0.857. The third-order valence-electron chi connectivity index (χ3n) is 4.00. The minimum Gasteiger partial charge on any atom is -0.478 e. The van der Waals surface area contributed by atoms with E-state index >= 15 is 0 Å². The van der Waals surface area contributed by atoms with Gasteiger partial charge in [-0.3, -0.25) is 0 Å². The summed E-state index contributed by atoms with van der Waals surface area (Å²) in [4.78, 5) is 15.7. The molecule has 2 rings (SSSR count). The van der Waals surface area contributed by atoms with Crippen LogP contribution < -0.4 is 0 Å². The lowest BCUT2D eigenvalue weighted by molar-refractivity contribution is 0.0697. The summed E-state index contributed by atoms with van der Waals surface area (Å²) in [6, 6.07) is 5.14. The number of aryl methyl sites for hydroxylation is 1. The first-order valence-corrected chi connectivity index (χ1v) is 7.34. The van der Waals surface area contributed by atoms with Crippen LogP contribution in [0.25, 0.3) is 11.0 Å². The summed E-state index contributed by atoms with van der Waals surface area (Å²) in [5.41, 5.74) is 1.88. The van der Waals surface area contributed by atoms with E-state index in [-0.39, 0.29) is 24.1 Å². The Bertz CT molecular complexity index is 648. The standard InChI is InChI=1S/C16H22N2O3/c1-4-5-15-17-13-8-12(16(20)21)6-7-14(13)18(15)11(3)10(2)9-19/h6-8,10-11,19H,4-5,9H2,1-3H3,(H,20,21). The molecule has 0 saturated carbocycles. The van der Waals surface area contributed by atoms with E-state index in [1.165, 1.54) is 0 Å². The maximum Gasteiger partial charge on any atom is 0.335 e. The van der Waals surface area contributed by atoms with Crippen LogP contribution in [0.3, 0.4) is 0 Å². The number of carbonyl (C=O) groups is 1. The molecule has 0 aliphatic carbocycles.